The molecule has 0 aromatic heterocycles. The van der Waals surface area contributed by atoms with E-state index in [1.807, 2.05) is 4.90 Å². The maximum absolute atomic E-state index is 13.0. The van der Waals surface area contributed by atoms with E-state index in [1.54, 1.807) is 0 Å². The zero-order valence-corrected chi connectivity index (χ0v) is 38.8. The molecule has 56 heavy (non-hydrogen) atoms. The first kappa shape index (κ1) is 54.7. The highest BCUT2D eigenvalue weighted by molar-refractivity contribution is 5.72. The van der Waals surface area contributed by atoms with Gasteiger partial charge in [-0.3, -0.25) is 4.79 Å². The van der Waals surface area contributed by atoms with E-state index in [4.69, 9.17) is 9.47 Å². The largest absolute Gasteiger partial charge is 0.465 e. The lowest BCUT2D eigenvalue weighted by atomic mass is 9.94. The molecule has 1 amide bonds. The lowest BCUT2D eigenvalue weighted by Gasteiger charge is -2.23. The first-order valence-corrected chi connectivity index (χ1v) is 24.8. The third-order valence-corrected chi connectivity index (χ3v) is 11.5. The molecule has 0 fully saturated rings. The summed E-state index contributed by atoms with van der Waals surface area (Å²) in [6.45, 7) is 16.4. The molecule has 0 aromatic rings. The number of amides is 1. The molecule has 1 atom stereocenters. The number of esters is 1. The van der Waals surface area contributed by atoms with E-state index in [1.165, 1.54) is 148 Å². The Morgan fingerprint density at radius 3 is 1.21 bits per heavy atom. The van der Waals surface area contributed by atoms with Crippen LogP contribution in [0.2, 0.25) is 0 Å². The Balaban J connectivity index is 4.49. The SMILES string of the molecule is CCCCCCCCC(CCCCCC)C(=O)OCCCCCCN(CCCCCCOC(=O)N(CCCCCC)CCCCCCCC)CCCCN(C)C. The number of hydrogen-bond donors (Lipinski definition) is 0. The summed E-state index contributed by atoms with van der Waals surface area (Å²) in [6, 6.07) is 0. The molecule has 7 heteroatoms. The Morgan fingerprint density at radius 2 is 0.732 bits per heavy atom. The number of ether oxygens (including phenoxy) is 2. The van der Waals surface area contributed by atoms with Crippen molar-refractivity contribution in [2.24, 2.45) is 5.92 Å². The normalized spacial score (nSPS) is 12.1. The summed E-state index contributed by atoms with van der Waals surface area (Å²) in [5.74, 6) is 0.171. The van der Waals surface area contributed by atoms with Gasteiger partial charge in [0.15, 0.2) is 0 Å². The fourth-order valence-corrected chi connectivity index (χ4v) is 7.70. The summed E-state index contributed by atoms with van der Waals surface area (Å²) in [5, 5.41) is 0. The van der Waals surface area contributed by atoms with Gasteiger partial charge in [0.2, 0.25) is 0 Å². The van der Waals surface area contributed by atoms with Gasteiger partial charge in [0.25, 0.3) is 0 Å². The van der Waals surface area contributed by atoms with E-state index >= 15 is 0 Å². The highest BCUT2D eigenvalue weighted by Crippen LogP contribution is 2.21. The Kier molecular flexibility index (Phi) is 42.2. The molecular weight excluding hydrogens is 695 g/mol. The van der Waals surface area contributed by atoms with E-state index in [-0.39, 0.29) is 18.0 Å². The topological polar surface area (TPSA) is 62.3 Å². The fraction of sp³-hybridized carbons (Fsp3) is 0.959. The average Bonchev–Trinajstić information content (AvgIpc) is 3.19. The summed E-state index contributed by atoms with van der Waals surface area (Å²) in [7, 11) is 4.33. The van der Waals surface area contributed by atoms with Gasteiger partial charge in [-0.05, 0) is 104 Å². The first-order chi connectivity index (χ1) is 27.4. The van der Waals surface area contributed by atoms with E-state index in [9.17, 15) is 9.59 Å². The van der Waals surface area contributed by atoms with Crippen LogP contribution in [0.1, 0.15) is 233 Å². The van der Waals surface area contributed by atoms with Crippen LogP contribution in [0.25, 0.3) is 0 Å². The summed E-state index contributed by atoms with van der Waals surface area (Å²) in [4.78, 5) is 32.9. The standard InChI is InChI=1S/C49H99N3O4/c1-7-11-15-19-21-28-38-47(37-27-17-13-9-3)48(53)55-45-35-25-23-29-40-51(42-34-33-39-50(5)6)41-30-24-26-36-46-56-49(54)52(43-31-18-14-10-4)44-32-22-20-16-12-8-2/h47H,7-46H2,1-6H3. The van der Waals surface area contributed by atoms with Crippen molar-refractivity contribution in [3.8, 4) is 0 Å². The third-order valence-electron chi connectivity index (χ3n) is 11.5. The molecule has 0 saturated carbocycles. The second kappa shape index (κ2) is 43.2. The van der Waals surface area contributed by atoms with Crippen LogP contribution in [0.15, 0.2) is 0 Å². The monoisotopic (exact) mass is 794 g/mol. The molecule has 334 valence electrons. The highest BCUT2D eigenvalue weighted by atomic mass is 16.6. The zero-order valence-electron chi connectivity index (χ0n) is 38.8. The van der Waals surface area contributed by atoms with Gasteiger partial charge >= 0.3 is 12.1 Å². The van der Waals surface area contributed by atoms with Crippen molar-refractivity contribution in [3.05, 3.63) is 0 Å². The summed E-state index contributed by atoms with van der Waals surface area (Å²) in [5.41, 5.74) is 0. The highest BCUT2D eigenvalue weighted by Gasteiger charge is 2.19. The summed E-state index contributed by atoms with van der Waals surface area (Å²) >= 11 is 0. The van der Waals surface area contributed by atoms with Crippen molar-refractivity contribution >= 4 is 12.1 Å². The van der Waals surface area contributed by atoms with Gasteiger partial charge in [-0.15, -0.1) is 0 Å². The van der Waals surface area contributed by atoms with Crippen molar-refractivity contribution in [2.75, 3.05) is 66.6 Å². The van der Waals surface area contributed by atoms with E-state index in [0.717, 1.165) is 96.9 Å². The molecule has 0 aliphatic rings. The van der Waals surface area contributed by atoms with Gasteiger partial charge in [-0.1, -0.05) is 169 Å². The molecule has 0 aliphatic carbocycles. The quantitative estimate of drug-likeness (QED) is 0.0452. The van der Waals surface area contributed by atoms with Crippen LogP contribution in [-0.4, -0.2) is 93.3 Å². The molecule has 0 saturated heterocycles. The number of nitrogens with zero attached hydrogens (tertiary/aromatic N) is 3. The Bertz CT molecular complexity index is 767. The number of hydrogen-bond acceptors (Lipinski definition) is 6. The molecule has 0 heterocycles. The molecule has 7 nitrogen and oxygen atoms in total. The molecular formula is C49H99N3O4. The van der Waals surface area contributed by atoms with Crippen molar-refractivity contribution in [1.29, 1.82) is 0 Å². The van der Waals surface area contributed by atoms with Gasteiger partial charge in [0.1, 0.15) is 0 Å². The molecule has 0 rings (SSSR count). The van der Waals surface area contributed by atoms with E-state index in [0.29, 0.717) is 13.2 Å². The minimum atomic E-state index is -0.0948. The maximum Gasteiger partial charge on any atom is 0.409 e. The summed E-state index contributed by atoms with van der Waals surface area (Å²) < 4.78 is 11.6. The van der Waals surface area contributed by atoms with Crippen LogP contribution in [0, 0.1) is 5.92 Å². The minimum absolute atomic E-state index is 0.0698. The van der Waals surface area contributed by atoms with Crippen LogP contribution in [0.4, 0.5) is 4.79 Å². The van der Waals surface area contributed by atoms with E-state index < -0.39 is 0 Å². The van der Waals surface area contributed by atoms with Gasteiger partial charge < -0.3 is 24.2 Å². The van der Waals surface area contributed by atoms with Crippen LogP contribution in [-0.2, 0) is 14.3 Å². The first-order valence-electron chi connectivity index (χ1n) is 24.8. The molecule has 1 unspecified atom stereocenters. The fourth-order valence-electron chi connectivity index (χ4n) is 7.70. The number of rotatable bonds is 44. The number of carbonyl (C=O) groups is 2. The zero-order chi connectivity index (χ0) is 41.2. The van der Waals surface area contributed by atoms with Crippen molar-refractivity contribution < 1.29 is 19.1 Å². The lowest BCUT2D eigenvalue weighted by Crippen LogP contribution is -2.33. The summed E-state index contributed by atoms with van der Waals surface area (Å²) in [6.07, 6.45) is 38.1. The average molecular weight is 794 g/mol. The van der Waals surface area contributed by atoms with Gasteiger partial charge in [0.05, 0.1) is 19.1 Å². The van der Waals surface area contributed by atoms with Crippen molar-refractivity contribution in [2.45, 2.75) is 233 Å². The van der Waals surface area contributed by atoms with E-state index in [2.05, 4.69) is 51.6 Å². The second-order valence-corrected chi connectivity index (χ2v) is 17.4. The Morgan fingerprint density at radius 1 is 0.393 bits per heavy atom. The molecule has 0 spiro atoms. The van der Waals surface area contributed by atoms with Crippen molar-refractivity contribution in [1.82, 2.24) is 14.7 Å². The molecule has 0 N–H and O–H groups in total. The van der Waals surface area contributed by atoms with Gasteiger partial charge in [0, 0.05) is 13.1 Å². The number of unbranched alkanes of at least 4 members (excludes halogenated alkanes) is 23. The molecule has 0 aliphatic heterocycles. The lowest BCUT2D eigenvalue weighted by molar-refractivity contribution is -0.149. The maximum atomic E-state index is 13.0. The molecule has 0 aromatic carbocycles. The van der Waals surface area contributed by atoms with Crippen molar-refractivity contribution in [3.63, 3.8) is 0 Å². The molecule has 0 bridgehead atoms. The van der Waals surface area contributed by atoms with Gasteiger partial charge in [-0.25, -0.2) is 4.79 Å². The predicted octanol–water partition coefficient (Wildman–Crippen LogP) is 14.0. The predicted molar refractivity (Wildman–Crippen MR) is 243 cm³/mol. The van der Waals surface area contributed by atoms with Crippen LogP contribution in [0.3, 0.4) is 0 Å². The second-order valence-electron chi connectivity index (χ2n) is 17.4. The number of carbonyl (C=O) groups excluding carboxylic acids is 2. The van der Waals surface area contributed by atoms with Crippen LogP contribution < -0.4 is 0 Å². The van der Waals surface area contributed by atoms with Gasteiger partial charge in [-0.2, -0.15) is 0 Å². The van der Waals surface area contributed by atoms with Crippen LogP contribution in [0.5, 0.6) is 0 Å². The Labute approximate surface area is 350 Å². The smallest absolute Gasteiger partial charge is 0.409 e. The Hall–Kier alpha value is -1.34. The minimum Gasteiger partial charge on any atom is -0.465 e. The van der Waals surface area contributed by atoms with Crippen LogP contribution >= 0.6 is 0 Å². The molecule has 0 radical (unpaired) electrons. The third kappa shape index (κ3) is 37.0.